The third kappa shape index (κ3) is 8.56. The maximum absolute atomic E-state index is 14.3. The summed E-state index contributed by atoms with van der Waals surface area (Å²) in [6.45, 7) is 8.69. The van der Waals surface area contributed by atoms with Gasteiger partial charge in [-0.3, -0.25) is 14.5 Å². The summed E-state index contributed by atoms with van der Waals surface area (Å²) in [4.78, 5) is 36.3. The molecule has 43 heavy (non-hydrogen) atoms. The first-order chi connectivity index (χ1) is 21.1. The highest BCUT2D eigenvalue weighted by atomic mass is 16.5. The minimum absolute atomic E-state index is 0.0170. The molecule has 0 saturated carbocycles. The molecular formula is C34H48N4O5. The second kappa shape index (κ2) is 16.2. The van der Waals surface area contributed by atoms with Crippen molar-refractivity contribution in [2.75, 3.05) is 84.3 Å². The lowest BCUT2D eigenvalue weighted by atomic mass is 10.1. The molecule has 9 nitrogen and oxygen atoms in total. The predicted octanol–water partition coefficient (Wildman–Crippen LogP) is 4.06. The van der Waals surface area contributed by atoms with Crippen LogP contribution in [0, 0.1) is 0 Å². The van der Waals surface area contributed by atoms with Crippen molar-refractivity contribution >= 4 is 17.5 Å². The fourth-order valence-electron chi connectivity index (χ4n) is 6.57. The van der Waals surface area contributed by atoms with Gasteiger partial charge in [-0.05, 0) is 75.4 Å². The Labute approximate surface area is 256 Å². The maximum Gasteiger partial charge on any atom is 0.257 e. The van der Waals surface area contributed by atoms with Gasteiger partial charge in [-0.25, -0.2) is 0 Å². The van der Waals surface area contributed by atoms with Gasteiger partial charge in [0.1, 0.15) is 12.4 Å². The van der Waals surface area contributed by atoms with Gasteiger partial charge in [0.25, 0.3) is 11.8 Å². The minimum atomic E-state index is -0.0719. The van der Waals surface area contributed by atoms with E-state index in [1.807, 2.05) is 58.3 Å². The standard InChI is InChI=1S/C34H48N4O5/c1-41-27-33(39)38-20-8-19-36(29-14-24-42-25-15-29)21-22-37(26-28-10-2-4-12-31(28)38)34(40)30-11-3-5-13-32(30)43-23-9-18-35-16-6-7-17-35/h2-5,10-13,29H,6-9,14-27H2,1H3. The molecule has 3 aliphatic heterocycles. The summed E-state index contributed by atoms with van der Waals surface area (Å²) in [5.41, 5.74) is 2.37. The average Bonchev–Trinajstić information content (AvgIpc) is 3.55. The second-order valence-electron chi connectivity index (χ2n) is 11.8. The molecule has 2 aromatic carbocycles. The summed E-state index contributed by atoms with van der Waals surface area (Å²) >= 11 is 0. The van der Waals surface area contributed by atoms with E-state index in [0.717, 1.165) is 69.8 Å². The summed E-state index contributed by atoms with van der Waals surface area (Å²) < 4.78 is 17.1. The van der Waals surface area contributed by atoms with Crippen molar-refractivity contribution in [1.82, 2.24) is 14.7 Å². The van der Waals surface area contributed by atoms with Gasteiger partial charge in [-0.1, -0.05) is 30.3 Å². The molecule has 0 spiro atoms. The summed E-state index contributed by atoms with van der Waals surface area (Å²) in [5, 5.41) is 0. The molecule has 3 aliphatic rings. The highest BCUT2D eigenvalue weighted by Gasteiger charge is 2.28. The molecule has 2 aromatic rings. The van der Waals surface area contributed by atoms with Crippen LogP contribution in [0.3, 0.4) is 0 Å². The Balaban J connectivity index is 1.39. The number of ether oxygens (including phenoxy) is 3. The fraction of sp³-hybridized carbons (Fsp3) is 0.588. The number of carbonyl (C=O) groups excluding carboxylic acids is 2. The van der Waals surface area contributed by atoms with Gasteiger partial charge in [-0.15, -0.1) is 0 Å². The Kier molecular flexibility index (Phi) is 11.8. The first-order valence-corrected chi connectivity index (χ1v) is 16.1. The molecule has 2 fully saturated rings. The number of hydrogen-bond acceptors (Lipinski definition) is 7. The molecule has 0 aliphatic carbocycles. The van der Waals surface area contributed by atoms with Crippen LogP contribution in [0.4, 0.5) is 5.69 Å². The summed E-state index contributed by atoms with van der Waals surface area (Å²) in [7, 11) is 1.55. The van der Waals surface area contributed by atoms with E-state index in [4.69, 9.17) is 14.2 Å². The first-order valence-electron chi connectivity index (χ1n) is 16.1. The number of anilines is 1. The number of amides is 2. The predicted molar refractivity (Wildman–Crippen MR) is 168 cm³/mol. The zero-order chi connectivity index (χ0) is 29.9. The SMILES string of the molecule is COCC(=O)N1CCCN(C2CCOCC2)CCN(C(=O)c2ccccc2OCCCN2CCCC2)Cc2ccccc21. The smallest absolute Gasteiger partial charge is 0.257 e. The number of likely N-dealkylation sites (tertiary alicyclic amines) is 1. The van der Waals surface area contributed by atoms with Crippen molar-refractivity contribution < 1.29 is 23.8 Å². The molecule has 234 valence electrons. The van der Waals surface area contributed by atoms with E-state index in [0.29, 0.717) is 43.6 Å². The van der Waals surface area contributed by atoms with E-state index in [-0.39, 0.29) is 18.4 Å². The molecular weight excluding hydrogens is 544 g/mol. The van der Waals surface area contributed by atoms with Crippen LogP contribution in [0.2, 0.25) is 0 Å². The minimum Gasteiger partial charge on any atom is -0.493 e. The quantitative estimate of drug-likeness (QED) is 0.407. The van der Waals surface area contributed by atoms with Gasteiger partial charge in [-0.2, -0.15) is 0 Å². The highest BCUT2D eigenvalue weighted by Crippen LogP contribution is 2.27. The maximum atomic E-state index is 14.3. The van der Waals surface area contributed by atoms with E-state index in [2.05, 4.69) is 9.80 Å². The molecule has 0 radical (unpaired) electrons. The number of carbonyl (C=O) groups is 2. The van der Waals surface area contributed by atoms with E-state index < -0.39 is 0 Å². The molecule has 0 bridgehead atoms. The largest absolute Gasteiger partial charge is 0.493 e. The van der Waals surface area contributed by atoms with Gasteiger partial charge < -0.3 is 28.9 Å². The van der Waals surface area contributed by atoms with Crippen LogP contribution in [0.15, 0.2) is 48.5 Å². The molecule has 0 aromatic heterocycles. The summed E-state index contributed by atoms with van der Waals surface area (Å²) in [6.07, 6.45) is 6.29. The van der Waals surface area contributed by atoms with Crippen LogP contribution < -0.4 is 9.64 Å². The summed E-state index contributed by atoms with van der Waals surface area (Å²) in [5.74, 6) is 0.512. The molecule has 0 N–H and O–H groups in total. The van der Waals surface area contributed by atoms with E-state index in [9.17, 15) is 9.59 Å². The van der Waals surface area contributed by atoms with Crippen LogP contribution in [-0.2, 0) is 20.8 Å². The zero-order valence-corrected chi connectivity index (χ0v) is 25.8. The van der Waals surface area contributed by atoms with Crippen LogP contribution in [0.1, 0.15) is 54.4 Å². The van der Waals surface area contributed by atoms with Crippen molar-refractivity contribution in [3.8, 4) is 5.75 Å². The monoisotopic (exact) mass is 592 g/mol. The zero-order valence-electron chi connectivity index (χ0n) is 25.8. The Morgan fingerprint density at radius 1 is 0.884 bits per heavy atom. The van der Waals surface area contributed by atoms with Crippen LogP contribution in [0.5, 0.6) is 5.75 Å². The number of nitrogens with zero attached hydrogens (tertiary/aromatic N) is 4. The number of methoxy groups -OCH3 is 1. The van der Waals surface area contributed by atoms with Gasteiger partial charge in [0.2, 0.25) is 0 Å². The van der Waals surface area contributed by atoms with Crippen molar-refractivity contribution in [2.45, 2.75) is 51.1 Å². The fourth-order valence-corrected chi connectivity index (χ4v) is 6.57. The van der Waals surface area contributed by atoms with Crippen LogP contribution in [0.25, 0.3) is 0 Å². The first kappa shape index (κ1) is 31.4. The molecule has 2 saturated heterocycles. The number of para-hydroxylation sites is 2. The normalized spacial score (nSPS) is 19.6. The highest BCUT2D eigenvalue weighted by molar-refractivity contribution is 5.97. The summed E-state index contributed by atoms with van der Waals surface area (Å²) in [6, 6.07) is 16.0. The second-order valence-corrected chi connectivity index (χ2v) is 11.8. The van der Waals surface area contributed by atoms with Gasteiger partial charge in [0.15, 0.2) is 0 Å². The van der Waals surface area contributed by atoms with Gasteiger partial charge in [0.05, 0.1) is 12.2 Å². The van der Waals surface area contributed by atoms with Crippen molar-refractivity contribution in [1.29, 1.82) is 0 Å². The Morgan fingerprint density at radius 2 is 1.65 bits per heavy atom. The molecule has 2 amide bonds. The number of benzene rings is 2. The number of rotatable bonds is 9. The average molecular weight is 593 g/mol. The topological polar surface area (TPSA) is 74.8 Å². The Hall–Kier alpha value is -2.98. The number of fused-ring (bicyclic) bond motifs is 1. The lowest BCUT2D eigenvalue weighted by molar-refractivity contribution is -0.122. The van der Waals surface area contributed by atoms with E-state index in [1.165, 1.54) is 25.9 Å². The molecule has 0 atom stereocenters. The molecule has 5 rings (SSSR count). The van der Waals surface area contributed by atoms with Crippen molar-refractivity contribution in [2.24, 2.45) is 0 Å². The Bertz CT molecular complexity index is 1180. The van der Waals surface area contributed by atoms with E-state index in [1.54, 1.807) is 7.11 Å². The third-order valence-electron chi connectivity index (χ3n) is 8.88. The number of hydrogen-bond donors (Lipinski definition) is 0. The lowest BCUT2D eigenvalue weighted by Crippen LogP contribution is -2.45. The van der Waals surface area contributed by atoms with Gasteiger partial charge >= 0.3 is 0 Å². The lowest BCUT2D eigenvalue weighted by Gasteiger charge is -2.36. The van der Waals surface area contributed by atoms with Crippen molar-refractivity contribution in [3.05, 3.63) is 59.7 Å². The third-order valence-corrected chi connectivity index (χ3v) is 8.88. The Morgan fingerprint density at radius 3 is 2.47 bits per heavy atom. The molecule has 0 unspecified atom stereocenters. The van der Waals surface area contributed by atoms with Crippen LogP contribution >= 0.6 is 0 Å². The van der Waals surface area contributed by atoms with Crippen molar-refractivity contribution in [3.63, 3.8) is 0 Å². The van der Waals surface area contributed by atoms with Gasteiger partial charge in [0, 0.05) is 71.3 Å². The molecule has 9 heteroatoms. The van der Waals surface area contributed by atoms with E-state index >= 15 is 0 Å². The van der Waals surface area contributed by atoms with Crippen LogP contribution in [-0.4, -0.2) is 112 Å². The molecule has 3 heterocycles.